The van der Waals surface area contributed by atoms with Crippen molar-refractivity contribution in [1.29, 1.82) is 0 Å². The van der Waals surface area contributed by atoms with Crippen LogP contribution < -0.4 is 0 Å². The van der Waals surface area contributed by atoms with E-state index in [2.05, 4.69) is 182 Å². The van der Waals surface area contributed by atoms with Gasteiger partial charge in [-0.2, -0.15) is 0 Å². The molecule has 9 aromatic carbocycles. The van der Waals surface area contributed by atoms with Crippen LogP contribution in [-0.2, 0) is 0 Å². The number of rotatable bonds is 4. The second kappa shape index (κ2) is 11.8. The van der Waals surface area contributed by atoms with Crippen molar-refractivity contribution >= 4 is 65.0 Å². The Hall–Kier alpha value is -7.03. The minimum absolute atomic E-state index is 0.894. The third-order valence-corrected chi connectivity index (χ3v) is 10.9. The van der Waals surface area contributed by atoms with Gasteiger partial charge in [0, 0.05) is 28.1 Å². The van der Waals surface area contributed by atoms with Crippen LogP contribution in [0.1, 0.15) is 0 Å². The van der Waals surface area contributed by atoms with Crippen LogP contribution in [0.25, 0.3) is 110 Å². The lowest BCUT2D eigenvalue weighted by Gasteiger charge is -2.17. The van der Waals surface area contributed by atoms with Crippen LogP contribution in [0.15, 0.2) is 193 Å². The van der Waals surface area contributed by atoms with Gasteiger partial charge in [-0.1, -0.05) is 146 Å². The molecule has 2 aromatic heterocycles. The van der Waals surface area contributed by atoms with Gasteiger partial charge in [0.2, 0.25) is 0 Å². The Bertz CT molecular complexity index is 3150. The van der Waals surface area contributed by atoms with E-state index >= 15 is 0 Å². The standard InChI is InChI=1S/C51H31NO/c1-2-10-35-27-38(22-19-32(35)9-1)33-17-20-34(21-18-33)50-41-13-5-7-15-43(41)51(44-16-8-6-14-42(44)50)47-25-23-40(31-52-47)39-24-26-48-45(29-39)46-28-36-11-3-4-12-37(36)30-49(46)53-48/h1-31H. The Morgan fingerprint density at radius 3 is 1.49 bits per heavy atom. The molecular weight excluding hydrogens is 643 g/mol. The normalized spacial score (nSPS) is 11.8. The van der Waals surface area contributed by atoms with Crippen molar-refractivity contribution in [3.63, 3.8) is 0 Å². The summed E-state index contributed by atoms with van der Waals surface area (Å²) in [5.41, 5.74) is 11.0. The molecule has 0 unspecified atom stereocenters. The number of nitrogens with zero attached hydrogens (tertiary/aromatic N) is 1. The largest absolute Gasteiger partial charge is 0.456 e. The first-order valence-electron chi connectivity index (χ1n) is 18.1. The number of aromatic nitrogens is 1. The molecule has 0 saturated heterocycles. The van der Waals surface area contributed by atoms with E-state index in [4.69, 9.17) is 9.40 Å². The Kier molecular flexibility index (Phi) is 6.59. The van der Waals surface area contributed by atoms with Crippen LogP contribution in [0.2, 0.25) is 0 Å². The minimum atomic E-state index is 0.894. The van der Waals surface area contributed by atoms with Gasteiger partial charge in [-0.15, -0.1) is 0 Å². The molecule has 0 aliphatic heterocycles. The zero-order chi connectivity index (χ0) is 34.9. The number of benzene rings is 9. The Morgan fingerprint density at radius 1 is 0.302 bits per heavy atom. The van der Waals surface area contributed by atoms with Crippen molar-refractivity contribution in [2.45, 2.75) is 0 Å². The molecule has 2 heterocycles. The Balaban J connectivity index is 1.01. The van der Waals surface area contributed by atoms with Crippen LogP contribution >= 0.6 is 0 Å². The molecule has 11 aromatic rings. The van der Waals surface area contributed by atoms with Gasteiger partial charge >= 0.3 is 0 Å². The highest BCUT2D eigenvalue weighted by Crippen LogP contribution is 2.44. The van der Waals surface area contributed by atoms with Gasteiger partial charge in [-0.25, -0.2) is 0 Å². The topological polar surface area (TPSA) is 26.0 Å². The maximum atomic E-state index is 6.28. The van der Waals surface area contributed by atoms with Gasteiger partial charge in [0.15, 0.2) is 0 Å². The molecular formula is C51H31NO. The molecule has 2 heteroatoms. The lowest BCUT2D eigenvalue weighted by atomic mass is 9.86. The molecule has 0 atom stereocenters. The SMILES string of the molecule is c1ccc2cc(-c3ccc(-c4c5ccccc5c(-c5ccc(-c6ccc7oc8cc9ccccc9cc8c7c6)cn5)c5ccccc45)cc3)ccc2c1. The van der Waals surface area contributed by atoms with Gasteiger partial charge < -0.3 is 4.42 Å². The zero-order valence-corrected chi connectivity index (χ0v) is 28.8. The van der Waals surface area contributed by atoms with Crippen molar-refractivity contribution < 1.29 is 4.42 Å². The molecule has 2 nitrogen and oxygen atoms in total. The fraction of sp³-hybridized carbons (Fsp3) is 0. The van der Waals surface area contributed by atoms with Crippen LogP contribution in [0.3, 0.4) is 0 Å². The minimum Gasteiger partial charge on any atom is -0.456 e. The zero-order valence-electron chi connectivity index (χ0n) is 28.8. The van der Waals surface area contributed by atoms with E-state index < -0.39 is 0 Å². The molecule has 11 rings (SSSR count). The number of fused-ring (bicyclic) bond motifs is 7. The second-order valence-electron chi connectivity index (χ2n) is 13.9. The van der Waals surface area contributed by atoms with Crippen LogP contribution in [0, 0.1) is 0 Å². The van der Waals surface area contributed by atoms with Gasteiger partial charge in [-0.05, 0) is 107 Å². The first-order valence-corrected chi connectivity index (χ1v) is 18.1. The van der Waals surface area contributed by atoms with Gasteiger partial charge in [-0.3, -0.25) is 4.98 Å². The monoisotopic (exact) mass is 673 g/mol. The van der Waals surface area contributed by atoms with Crippen LogP contribution in [0.4, 0.5) is 0 Å². The van der Waals surface area contributed by atoms with E-state index in [1.54, 1.807) is 0 Å². The summed E-state index contributed by atoms with van der Waals surface area (Å²) >= 11 is 0. The summed E-state index contributed by atoms with van der Waals surface area (Å²) in [5.74, 6) is 0. The number of pyridine rings is 1. The quantitative estimate of drug-likeness (QED) is 0.174. The summed E-state index contributed by atoms with van der Waals surface area (Å²) in [6.45, 7) is 0. The summed E-state index contributed by atoms with van der Waals surface area (Å²) in [7, 11) is 0. The highest BCUT2D eigenvalue weighted by atomic mass is 16.3. The number of furan rings is 1. The first kappa shape index (κ1) is 29.7. The molecule has 0 amide bonds. The smallest absolute Gasteiger partial charge is 0.136 e. The molecule has 0 aliphatic rings. The average molecular weight is 674 g/mol. The van der Waals surface area contributed by atoms with Crippen molar-refractivity contribution in [3.05, 3.63) is 188 Å². The van der Waals surface area contributed by atoms with E-state index in [9.17, 15) is 0 Å². The fourth-order valence-electron chi connectivity index (χ4n) is 8.27. The third-order valence-electron chi connectivity index (χ3n) is 10.9. The van der Waals surface area contributed by atoms with Gasteiger partial charge in [0.25, 0.3) is 0 Å². The molecule has 0 aliphatic carbocycles. The van der Waals surface area contributed by atoms with E-state index in [-0.39, 0.29) is 0 Å². The fourth-order valence-corrected chi connectivity index (χ4v) is 8.27. The summed E-state index contributed by atoms with van der Waals surface area (Å²) in [6, 6.07) is 65.4. The van der Waals surface area contributed by atoms with Crippen LogP contribution in [-0.4, -0.2) is 4.98 Å². The van der Waals surface area contributed by atoms with Gasteiger partial charge in [0.05, 0.1) is 5.69 Å². The molecule has 246 valence electrons. The maximum Gasteiger partial charge on any atom is 0.136 e. The number of hydrogen-bond acceptors (Lipinski definition) is 2. The van der Waals surface area contributed by atoms with E-state index in [0.29, 0.717) is 0 Å². The molecule has 0 N–H and O–H groups in total. The van der Waals surface area contributed by atoms with Crippen molar-refractivity contribution in [2.75, 3.05) is 0 Å². The van der Waals surface area contributed by atoms with Crippen molar-refractivity contribution in [1.82, 2.24) is 4.98 Å². The van der Waals surface area contributed by atoms with Crippen LogP contribution in [0.5, 0.6) is 0 Å². The van der Waals surface area contributed by atoms with E-state index in [1.807, 2.05) is 6.20 Å². The van der Waals surface area contributed by atoms with Crippen molar-refractivity contribution in [2.24, 2.45) is 0 Å². The third kappa shape index (κ3) is 4.84. The molecule has 0 fully saturated rings. The van der Waals surface area contributed by atoms with Crippen molar-refractivity contribution in [3.8, 4) is 44.6 Å². The summed E-state index contributed by atoms with van der Waals surface area (Å²) in [5, 5.41) is 12.0. The molecule has 0 bridgehead atoms. The highest BCUT2D eigenvalue weighted by Gasteiger charge is 2.18. The number of hydrogen-bond donors (Lipinski definition) is 0. The molecule has 0 spiro atoms. The summed E-state index contributed by atoms with van der Waals surface area (Å²) < 4.78 is 6.28. The predicted molar refractivity (Wildman–Crippen MR) is 223 cm³/mol. The summed E-state index contributed by atoms with van der Waals surface area (Å²) in [4.78, 5) is 5.14. The van der Waals surface area contributed by atoms with Gasteiger partial charge in [0.1, 0.15) is 11.2 Å². The highest BCUT2D eigenvalue weighted by molar-refractivity contribution is 6.21. The average Bonchev–Trinajstić information content (AvgIpc) is 3.58. The lowest BCUT2D eigenvalue weighted by Crippen LogP contribution is -1.92. The molecule has 53 heavy (non-hydrogen) atoms. The Labute approximate surface area is 306 Å². The summed E-state index contributed by atoms with van der Waals surface area (Å²) in [6.07, 6.45) is 2.01. The van der Waals surface area contributed by atoms with E-state index in [0.717, 1.165) is 44.3 Å². The molecule has 0 radical (unpaired) electrons. The maximum absolute atomic E-state index is 6.28. The predicted octanol–water partition coefficient (Wildman–Crippen LogP) is 14.3. The Morgan fingerprint density at radius 2 is 0.811 bits per heavy atom. The van der Waals surface area contributed by atoms with E-state index in [1.165, 1.54) is 65.3 Å². The molecule has 0 saturated carbocycles. The second-order valence-corrected chi connectivity index (χ2v) is 13.9. The first-order chi connectivity index (χ1) is 26.2. The lowest BCUT2D eigenvalue weighted by molar-refractivity contribution is 0.669.